The van der Waals surface area contributed by atoms with E-state index in [1.165, 1.54) is 22.8 Å². The van der Waals surface area contributed by atoms with Crippen molar-refractivity contribution in [3.05, 3.63) is 58.1 Å². The maximum atomic E-state index is 14.5. The summed E-state index contributed by atoms with van der Waals surface area (Å²) in [4.78, 5) is 19.9. The highest BCUT2D eigenvalue weighted by molar-refractivity contribution is 7.90. The maximum absolute atomic E-state index is 14.5. The van der Waals surface area contributed by atoms with Crippen molar-refractivity contribution in [2.24, 2.45) is 7.05 Å². The molecule has 0 saturated carbocycles. The molecule has 170 valence electrons. The van der Waals surface area contributed by atoms with E-state index in [1.807, 2.05) is 4.90 Å². The van der Waals surface area contributed by atoms with Crippen LogP contribution in [-0.2, 0) is 21.6 Å². The molecule has 0 unspecified atom stereocenters. The summed E-state index contributed by atoms with van der Waals surface area (Å²) in [6.07, 6.45) is 1.13. The highest BCUT2D eigenvalue weighted by Crippen LogP contribution is 2.30. The molecule has 0 radical (unpaired) electrons. The van der Waals surface area contributed by atoms with Gasteiger partial charge >= 0.3 is 0 Å². The monoisotopic (exact) mass is 460 g/mol. The van der Waals surface area contributed by atoms with Crippen LogP contribution in [0.2, 0.25) is 0 Å². The summed E-state index contributed by atoms with van der Waals surface area (Å²) < 4.78 is 45.7. The molecule has 32 heavy (non-hydrogen) atoms. The van der Waals surface area contributed by atoms with Crippen LogP contribution in [0.5, 0.6) is 0 Å². The fraction of sp³-hybridized carbons (Fsp3) is 0.364. The molecule has 1 aliphatic heterocycles. The minimum absolute atomic E-state index is 0.144. The van der Waals surface area contributed by atoms with Crippen LogP contribution in [0, 0.1) is 5.82 Å². The average molecular weight is 461 g/mol. The maximum Gasteiger partial charge on any atom is 0.262 e. The Hall–Kier alpha value is -2.98. The van der Waals surface area contributed by atoms with Gasteiger partial charge in [0.1, 0.15) is 5.82 Å². The normalized spacial score (nSPS) is 15.7. The Labute approximate surface area is 185 Å². The van der Waals surface area contributed by atoms with Gasteiger partial charge in [0.15, 0.2) is 9.84 Å². The number of nitrogens with zero attached hydrogens (tertiary/aromatic N) is 3. The first-order chi connectivity index (χ1) is 15.2. The first kappa shape index (κ1) is 22.2. The molecule has 0 aliphatic carbocycles. The molecule has 1 saturated heterocycles. The van der Waals surface area contributed by atoms with Crippen molar-refractivity contribution < 1.29 is 17.5 Å². The molecule has 1 aromatic heterocycles. The molecule has 3 aromatic rings. The Morgan fingerprint density at radius 2 is 1.88 bits per heavy atom. The molecule has 10 heteroatoms. The smallest absolute Gasteiger partial charge is 0.262 e. The van der Waals surface area contributed by atoms with Crippen molar-refractivity contribution >= 4 is 32.4 Å². The number of morpholine rings is 1. The molecular formula is C22H25FN4O4S. The predicted molar refractivity (Wildman–Crippen MR) is 122 cm³/mol. The number of hydrogen-bond donors (Lipinski definition) is 1. The fourth-order valence-corrected chi connectivity index (χ4v) is 4.80. The van der Waals surface area contributed by atoms with Crippen LogP contribution in [0.3, 0.4) is 0 Å². The highest BCUT2D eigenvalue weighted by Gasteiger charge is 2.22. The minimum Gasteiger partial charge on any atom is -0.378 e. The van der Waals surface area contributed by atoms with E-state index >= 15 is 0 Å². The SMILES string of the molecule is C[C@@H](Nc1ccccc1S(C)(=O)=O)c1cc(F)cc2c(=O)n(C)c(N3CCOCC3)nc12. The predicted octanol–water partition coefficient (Wildman–Crippen LogP) is 2.49. The summed E-state index contributed by atoms with van der Waals surface area (Å²) in [6, 6.07) is 8.53. The molecular weight excluding hydrogens is 435 g/mol. The van der Waals surface area contributed by atoms with Crippen LogP contribution in [0.1, 0.15) is 18.5 Å². The fourth-order valence-electron chi connectivity index (χ4n) is 3.95. The van der Waals surface area contributed by atoms with E-state index in [0.29, 0.717) is 49.0 Å². The van der Waals surface area contributed by atoms with Crippen LogP contribution in [0.25, 0.3) is 10.9 Å². The van der Waals surface area contributed by atoms with E-state index in [9.17, 15) is 17.6 Å². The van der Waals surface area contributed by atoms with Gasteiger partial charge in [-0.1, -0.05) is 12.1 Å². The first-order valence-electron chi connectivity index (χ1n) is 10.3. The molecule has 1 N–H and O–H groups in total. The van der Waals surface area contributed by atoms with Crippen LogP contribution in [-0.4, -0.2) is 50.5 Å². The van der Waals surface area contributed by atoms with Crippen LogP contribution < -0.4 is 15.8 Å². The largest absolute Gasteiger partial charge is 0.378 e. The lowest BCUT2D eigenvalue weighted by atomic mass is 10.0. The number of ether oxygens (including phenoxy) is 1. The Kier molecular flexibility index (Phi) is 5.91. The highest BCUT2D eigenvalue weighted by atomic mass is 32.2. The number of hydrogen-bond acceptors (Lipinski definition) is 7. The quantitative estimate of drug-likeness (QED) is 0.625. The number of sulfone groups is 1. The van der Waals surface area contributed by atoms with E-state index in [4.69, 9.17) is 9.72 Å². The summed E-state index contributed by atoms with van der Waals surface area (Å²) in [7, 11) is -1.85. The van der Waals surface area contributed by atoms with Crippen molar-refractivity contribution in [3.8, 4) is 0 Å². The summed E-state index contributed by atoms with van der Waals surface area (Å²) in [5.74, 6) is -0.0713. The van der Waals surface area contributed by atoms with Gasteiger partial charge in [-0.3, -0.25) is 9.36 Å². The Balaban J connectivity index is 1.84. The molecule has 4 rings (SSSR count). The minimum atomic E-state index is -3.47. The number of aromatic nitrogens is 2. The van der Waals surface area contributed by atoms with Gasteiger partial charge in [0.2, 0.25) is 5.95 Å². The first-order valence-corrected chi connectivity index (χ1v) is 12.1. The summed E-state index contributed by atoms with van der Waals surface area (Å²) in [5.41, 5.74) is 0.904. The molecule has 0 bridgehead atoms. The second-order valence-corrected chi connectivity index (χ2v) is 9.89. The van der Waals surface area contributed by atoms with Gasteiger partial charge in [0, 0.05) is 32.0 Å². The molecule has 1 atom stereocenters. The van der Waals surface area contributed by atoms with Crippen molar-refractivity contribution in [1.29, 1.82) is 0 Å². The van der Waals surface area contributed by atoms with Crippen molar-refractivity contribution in [2.45, 2.75) is 17.9 Å². The van der Waals surface area contributed by atoms with Crippen LogP contribution in [0.15, 0.2) is 46.1 Å². The standard InChI is InChI=1S/C22H25FN4O4S/c1-14(24-18-6-4-5-7-19(18)32(3,29)30)16-12-15(23)13-17-20(16)25-22(26(2)21(17)28)27-8-10-31-11-9-27/h4-7,12-14,24H,8-11H2,1-3H3/t14-/m1/s1. The van der Waals surface area contributed by atoms with Gasteiger partial charge in [-0.05, 0) is 31.2 Å². The zero-order valence-corrected chi connectivity index (χ0v) is 18.9. The molecule has 0 spiro atoms. The van der Waals surface area contributed by atoms with Gasteiger partial charge in [-0.15, -0.1) is 0 Å². The summed E-state index contributed by atoms with van der Waals surface area (Å²) >= 11 is 0. The molecule has 1 aliphatic rings. The zero-order chi connectivity index (χ0) is 23.0. The lowest BCUT2D eigenvalue weighted by Gasteiger charge is -2.29. The third-order valence-corrected chi connectivity index (χ3v) is 6.72. The van der Waals surface area contributed by atoms with E-state index in [1.54, 1.807) is 32.2 Å². The summed E-state index contributed by atoms with van der Waals surface area (Å²) in [6.45, 7) is 4.03. The molecule has 1 fully saturated rings. The Bertz CT molecular complexity index is 1330. The Morgan fingerprint density at radius 3 is 2.56 bits per heavy atom. The van der Waals surface area contributed by atoms with Gasteiger partial charge in [0.25, 0.3) is 5.56 Å². The number of anilines is 2. The number of rotatable bonds is 5. The molecule has 0 amide bonds. The van der Waals surface area contributed by atoms with E-state index in [2.05, 4.69) is 5.32 Å². The second kappa shape index (κ2) is 8.51. The third-order valence-electron chi connectivity index (χ3n) is 5.57. The van der Waals surface area contributed by atoms with Crippen molar-refractivity contribution in [2.75, 3.05) is 42.8 Å². The van der Waals surface area contributed by atoms with Gasteiger partial charge in [-0.2, -0.15) is 0 Å². The van der Waals surface area contributed by atoms with E-state index < -0.39 is 21.7 Å². The second-order valence-electron chi connectivity index (χ2n) is 7.90. The van der Waals surface area contributed by atoms with Crippen LogP contribution >= 0.6 is 0 Å². The average Bonchev–Trinajstić information content (AvgIpc) is 2.76. The lowest BCUT2D eigenvalue weighted by molar-refractivity contribution is 0.121. The van der Waals surface area contributed by atoms with Gasteiger partial charge in [0.05, 0.1) is 40.7 Å². The van der Waals surface area contributed by atoms with Crippen molar-refractivity contribution in [3.63, 3.8) is 0 Å². The zero-order valence-electron chi connectivity index (χ0n) is 18.1. The third kappa shape index (κ3) is 4.20. The van der Waals surface area contributed by atoms with Gasteiger partial charge in [-0.25, -0.2) is 17.8 Å². The number of benzene rings is 2. The van der Waals surface area contributed by atoms with Gasteiger partial charge < -0.3 is 15.0 Å². The number of fused-ring (bicyclic) bond motifs is 1. The lowest BCUT2D eigenvalue weighted by Crippen LogP contribution is -2.40. The molecule has 8 nitrogen and oxygen atoms in total. The number of nitrogens with one attached hydrogen (secondary N) is 1. The molecule has 2 aromatic carbocycles. The van der Waals surface area contributed by atoms with E-state index in [0.717, 1.165) is 6.26 Å². The Morgan fingerprint density at radius 1 is 1.19 bits per heavy atom. The van der Waals surface area contributed by atoms with Crippen LogP contribution in [0.4, 0.5) is 16.0 Å². The van der Waals surface area contributed by atoms with E-state index in [-0.39, 0.29) is 15.8 Å². The number of halogens is 1. The topological polar surface area (TPSA) is 93.5 Å². The van der Waals surface area contributed by atoms with Crippen molar-refractivity contribution in [1.82, 2.24) is 9.55 Å². The number of para-hydroxylation sites is 1. The molecule has 2 heterocycles. The summed E-state index contributed by atoms with van der Waals surface area (Å²) in [5, 5.41) is 3.33.